The second kappa shape index (κ2) is 2.96. The van der Waals surface area contributed by atoms with Gasteiger partial charge in [-0.05, 0) is 6.92 Å². The van der Waals surface area contributed by atoms with E-state index in [4.69, 9.17) is 0 Å². The van der Waals surface area contributed by atoms with Crippen molar-refractivity contribution >= 4 is 10.2 Å². The minimum absolute atomic E-state index is 1.84. The molecule has 0 aliphatic heterocycles. The summed E-state index contributed by atoms with van der Waals surface area (Å²) in [6.45, 7) is 2.01. The smallest absolute Gasteiger partial charge is 0.0373 e. The first kappa shape index (κ1) is 3.96. The molecule has 0 heterocycles. The summed E-state index contributed by atoms with van der Waals surface area (Å²) < 4.78 is 0. The van der Waals surface area contributed by atoms with Crippen molar-refractivity contribution in [3.8, 4) is 0 Å². The zero-order chi connectivity index (χ0) is 3.41. The van der Waals surface area contributed by atoms with Crippen LogP contribution in [0.15, 0.2) is 11.8 Å². The van der Waals surface area contributed by atoms with Crippen molar-refractivity contribution in [2.24, 2.45) is 0 Å². The first-order chi connectivity index (χ1) is 1.91. The van der Waals surface area contributed by atoms with E-state index in [-0.39, 0.29) is 0 Å². The number of hydrogen-bond acceptors (Lipinski definition) is 0. The topological polar surface area (TPSA) is 0 Å². The fourth-order valence-electron chi connectivity index (χ4n) is 0. The van der Waals surface area contributed by atoms with Crippen molar-refractivity contribution in [1.29, 1.82) is 0 Å². The van der Waals surface area contributed by atoms with Crippen molar-refractivity contribution in [1.82, 2.24) is 0 Å². The molecule has 0 spiro atoms. The van der Waals surface area contributed by atoms with Gasteiger partial charge in [-0.2, -0.15) is 0 Å². The summed E-state index contributed by atoms with van der Waals surface area (Å²) in [7, 11) is 1.84. The molecule has 1 heteroatoms. The Morgan fingerprint density at radius 2 is 2.00 bits per heavy atom. The molecule has 0 atom stereocenters. The zero-order valence-electron chi connectivity index (χ0n) is 2.86. The van der Waals surface area contributed by atoms with Gasteiger partial charge in [0, 0.05) is 10.2 Å². The second-order valence-corrected chi connectivity index (χ2v) is 1.04. The van der Waals surface area contributed by atoms with Gasteiger partial charge in [-0.3, -0.25) is 0 Å². The predicted octanol–water partition coefficient (Wildman–Crippen LogP) is 0.153. The highest BCUT2D eigenvalue weighted by atomic mass is 28.1. The molecule has 0 aliphatic rings. The lowest BCUT2D eigenvalue weighted by molar-refractivity contribution is 1.78. The molecule has 23 valence electrons. The van der Waals surface area contributed by atoms with Gasteiger partial charge in [-0.25, -0.2) is 0 Å². The summed E-state index contributed by atoms with van der Waals surface area (Å²) in [5.41, 5.74) is 2.03. The summed E-state index contributed by atoms with van der Waals surface area (Å²) >= 11 is 0. The molecule has 0 unspecified atom stereocenters. The predicted molar refractivity (Wildman–Crippen MR) is 23.4 cm³/mol. The first-order valence-electron chi connectivity index (χ1n) is 1.32. The molecule has 0 fully saturated rings. The van der Waals surface area contributed by atoms with Crippen molar-refractivity contribution in [3.05, 3.63) is 11.8 Å². The molecule has 1 radical (unpaired) electrons. The van der Waals surface area contributed by atoms with E-state index in [9.17, 15) is 0 Å². The Morgan fingerprint density at radius 3 is 2.00 bits per heavy atom. The fourth-order valence-corrected chi connectivity index (χ4v) is 0. The van der Waals surface area contributed by atoms with Crippen LogP contribution in [0.4, 0.5) is 0 Å². The van der Waals surface area contributed by atoms with Crippen LogP contribution in [0.2, 0.25) is 0 Å². The van der Waals surface area contributed by atoms with Crippen molar-refractivity contribution in [2.75, 3.05) is 0 Å². The van der Waals surface area contributed by atoms with Gasteiger partial charge in [0.25, 0.3) is 0 Å². The van der Waals surface area contributed by atoms with Crippen LogP contribution in [0.25, 0.3) is 0 Å². The van der Waals surface area contributed by atoms with Gasteiger partial charge >= 0.3 is 0 Å². The molecule has 0 bridgehead atoms. The van der Waals surface area contributed by atoms with Gasteiger partial charge in [-0.15, -0.1) is 5.70 Å². The maximum Gasteiger partial charge on any atom is 0.0373 e. The summed E-state index contributed by atoms with van der Waals surface area (Å²) in [6.07, 6.45) is 2.01. The largest absolute Gasteiger partial charge is 0.109 e. The van der Waals surface area contributed by atoms with Gasteiger partial charge in [0.05, 0.1) is 0 Å². The SMILES string of the molecule is CC=C[SiH2]. The highest BCUT2D eigenvalue weighted by Gasteiger charge is 1.35. The lowest BCUT2D eigenvalue weighted by Gasteiger charge is -1.49. The van der Waals surface area contributed by atoms with Crippen LogP contribution in [-0.4, -0.2) is 10.2 Å². The van der Waals surface area contributed by atoms with E-state index < -0.39 is 0 Å². The standard InChI is InChI=1S/C3H7Si/c1-2-3-4/h2-3H,4H2,1H3. The molecular formula is C3H7Si. The molecule has 0 aromatic rings. The Hall–Kier alpha value is -0.0431. The molecule has 0 aliphatic carbocycles. The summed E-state index contributed by atoms with van der Waals surface area (Å²) in [6, 6.07) is 0. The lowest BCUT2D eigenvalue weighted by Crippen LogP contribution is -1.39. The van der Waals surface area contributed by atoms with Crippen LogP contribution >= 0.6 is 0 Å². The van der Waals surface area contributed by atoms with Gasteiger partial charge < -0.3 is 0 Å². The average molecular weight is 71.2 g/mol. The van der Waals surface area contributed by atoms with Crippen molar-refractivity contribution in [3.63, 3.8) is 0 Å². The van der Waals surface area contributed by atoms with Gasteiger partial charge in [0.1, 0.15) is 0 Å². The van der Waals surface area contributed by atoms with E-state index in [0.29, 0.717) is 0 Å². The highest BCUT2D eigenvalue weighted by Crippen LogP contribution is 1.50. The molecule has 0 rings (SSSR count). The molecule has 0 amide bonds. The molecule has 0 saturated carbocycles. The Labute approximate surface area is 30.0 Å². The minimum Gasteiger partial charge on any atom is -0.109 e. The van der Waals surface area contributed by atoms with Crippen LogP contribution in [0.3, 0.4) is 0 Å². The lowest BCUT2D eigenvalue weighted by atomic mass is 10.8. The van der Waals surface area contributed by atoms with Crippen LogP contribution < -0.4 is 0 Å². The Kier molecular flexibility index (Phi) is 2.93. The van der Waals surface area contributed by atoms with Crippen molar-refractivity contribution in [2.45, 2.75) is 6.92 Å². The molecule has 0 saturated heterocycles. The normalized spacial score (nSPS) is 9.50. The van der Waals surface area contributed by atoms with Crippen molar-refractivity contribution < 1.29 is 0 Å². The van der Waals surface area contributed by atoms with Crippen LogP contribution in [-0.2, 0) is 0 Å². The fraction of sp³-hybridized carbons (Fsp3) is 0.333. The minimum atomic E-state index is 1.84. The Morgan fingerprint density at radius 1 is 1.75 bits per heavy atom. The summed E-state index contributed by atoms with van der Waals surface area (Å²) in [4.78, 5) is 0. The van der Waals surface area contributed by atoms with E-state index >= 15 is 0 Å². The third-order valence-corrected chi connectivity index (χ3v) is 0.707. The second-order valence-electron chi connectivity index (χ2n) is 0.569. The Balaban J connectivity index is 2.55. The zero-order valence-corrected chi connectivity index (χ0v) is 4.28. The van der Waals surface area contributed by atoms with Gasteiger partial charge in [0.2, 0.25) is 0 Å². The molecule has 0 nitrogen and oxygen atoms in total. The van der Waals surface area contributed by atoms with E-state index in [0.717, 1.165) is 0 Å². The first-order valence-corrected chi connectivity index (χ1v) is 2.14. The molecule has 4 heavy (non-hydrogen) atoms. The third-order valence-electron chi connectivity index (χ3n) is 0.236. The Bertz CT molecular complexity index is 18.5. The van der Waals surface area contributed by atoms with E-state index in [1.807, 2.05) is 28.9 Å². The van der Waals surface area contributed by atoms with Crippen LogP contribution in [0, 0.1) is 0 Å². The summed E-state index contributed by atoms with van der Waals surface area (Å²) in [5.74, 6) is 0. The van der Waals surface area contributed by atoms with Crippen LogP contribution in [0.5, 0.6) is 0 Å². The summed E-state index contributed by atoms with van der Waals surface area (Å²) in [5, 5.41) is 0. The number of rotatable bonds is 0. The third kappa shape index (κ3) is 1.96. The highest BCUT2D eigenvalue weighted by molar-refractivity contribution is 6.16. The van der Waals surface area contributed by atoms with E-state index in [1.165, 1.54) is 0 Å². The molecular weight excluding hydrogens is 64.1 g/mol. The van der Waals surface area contributed by atoms with E-state index in [2.05, 4.69) is 0 Å². The molecule has 0 aromatic heterocycles. The number of allylic oxidation sites excluding steroid dienone is 1. The maximum atomic E-state index is 2.03. The quantitative estimate of drug-likeness (QED) is 0.357. The number of hydrogen-bond donors (Lipinski definition) is 0. The average Bonchev–Trinajstić information content (AvgIpc) is 1.37. The molecule has 0 N–H and O–H groups in total. The molecule has 0 aromatic carbocycles. The maximum absolute atomic E-state index is 2.03. The van der Waals surface area contributed by atoms with E-state index in [1.54, 1.807) is 0 Å². The van der Waals surface area contributed by atoms with Crippen LogP contribution in [0.1, 0.15) is 6.92 Å². The monoisotopic (exact) mass is 71.0 g/mol. The van der Waals surface area contributed by atoms with Gasteiger partial charge in [-0.1, -0.05) is 6.08 Å². The van der Waals surface area contributed by atoms with Gasteiger partial charge in [0.15, 0.2) is 0 Å².